The third-order valence-electron chi connectivity index (χ3n) is 5.65. The Bertz CT molecular complexity index is 1020. The molecule has 3 aromatic rings. The smallest absolute Gasteiger partial charge is 0.270 e. The van der Waals surface area contributed by atoms with Crippen LogP contribution in [0.5, 0.6) is 0 Å². The quantitative estimate of drug-likeness (QED) is 0.712. The number of amides is 1. The second-order valence-electron chi connectivity index (χ2n) is 7.72. The number of carbonyl (C=O) groups is 1. The Kier molecular flexibility index (Phi) is 4.22. The van der Waals surface area contributed by atoms with E-state index in [0.717, 1.165) is 31.4 Å². The lowest BCUT2D eigenvalue weighted by atomic mass is 10.0. The number of hydrogen-bond donors (Lipinski definition) is 1. The van der Waals surface area contributed by atoms with Crippen LogP contribution in [0.3, 0.4) is 0 Å². The maximum atomic E-state index is 12.8. The summed E-state index contributed by atoms with van der Waals surface area (Å²) in [4.78, 5) is 21.4. The molecule has 0 aliphatic heterocycles. The summed E-state index contributed by atoms with van der Waals surface area (Å²) >= 11 is 0. The number of aromatic nitrogens is 4. The van der Waals surface area contributed by atoms with Gasteiger partial charge in [0.1, 0.15) is 5.69 Å². The molecule has 1 aromatic carbocycles. The lowest BCUT2D eigenvalue weighted by molar-refractivity contribution is 0.0927. The summed E-state index contributed by atoms with van der Waals surface area (Å²) in [6, 6.07) is 6.22. The number of nitrogens with one attached hydrogen (secondary N) is 1. The van der Waals surface area contributed by atoms with Gasteiger partial charge in [-0.3, -0.25) is 4.79 Å². The van der Waals surface area contributed by atoms with Crippen molar-refractivity contribution in [1.82, 2.24) is 25.0 Å². The Morgan fingerprint density at radius 3 is 3.00 bits per heavy atom. The number of hydrogen-bond acceptors (Lipinski definition) is 5. The summed E-state index contributed by atoms with van der Waals surface area (Å²) in [6.07, 6.45) is 8.47. The number of rotatable bonds is 6. The lowest BCUT2D eigenvalue weighted by Gasteiger charge is -2.15. The van der Waals surface area contributed by atoms with Gasteiger partial charge in [-0.2, -0.15) is 4.98 Å². The Hall–Kier alpha value is -2.96. The molecule has 7 heteroatoms. The minimum absolute atomic E-state index is 0.0253. The van der Waals surface area contributed by atoms with Gasteiger partial charge in [0.25, 0.3) is 5.91 Å². The van der Waals surface area contributed by atoms with E-state index in [4.69, 9.17) is 4.52 Å². The molecule has 0 spiro atoms. The van der Waals surface area contributed by atoms with E-state index in [0.29, 0.717) is 23.3 Å². The molecule has 28 heavy (non-hydrogen) atoms. The van der Waals surface area contributed by atoms with Crippen molar-refractivity contribution < 1.29 is 9.32 Å². The van der Waals surface area contributed by atoms with Crippen LogP contribution in [0.2, 0.25) is 0 Å². The number of imidazole rings is 1. The largest absolute Gasteiger partial charge is 0.344 e. The van der Waals surface area contributed by atoms with Gasteiger partial charge < -0.3 is 14.4 Å². The molecular weight excluding hydrogens is 354 g/mol. The van der Waals surface area contributed by atoms with Crippen molar-refractivity contribution in [3.8, 4) is 11.4 Å². The van der Waals surface area contributed by atoms with Crippen LogP contribution in [0.1, 0.15) is 59.7 Å². The minimum Gasteiger partial charge on any atom is -0.344 e. The highest BCUT2D eigenvalue weighted by atomic mass is 16.5. The van der Waals surface area contributed by atoms with E-state index >= 15 is 0 Å². The van der Waals surface area contributed by atoms with Crippen LogP contribution in [-0.2, 0) is 19.4 Å². The topological polar surface area (TPSA) is 85.8 Å². The van der Waals surface area contributed by atoms with Crippen molar-refractivity contribution in [3.05, 3.63) is 53.4 Å². The highest BCUT2D eigenvalue weighted by Crippen LogP contribution is 2.34. The second kappa shape index (κ2) is 6.89. The predicted octanol–water partition coefficient (Wildman–Crippen LogP) is 3.32. The highest BCUT2D eigenvalue weighted by Gasteiger charge is 2.28. The summed E-state index contributed by atoms with van der Waals surface area (Å²) in [7, 11) is 0. The minimum atomic E-state index is -0.0502. The van der Waals surface area contributed by atoms with Gasteiger partial charge in [-0.1, -0.05) is 24.2 Å². The lowest BCUT2D eigenvalue weighted by Crippen LogP contribution is -2.29. The molecule has 0 bridgehead atoms. The third kappa shape index (κ3) is 3.21. The molecule has 1 fully saturated rings. The molecule has 1 saturated carbocycles. The van der Waals surface area contributed by atoms with Crippen molar-refractivity contribution in [3.63, 3.8) is 0 Å². The summed E-state index contributed by atoms with van der Waals surface area (Å²) in [5.41, 5.74) is 4.01. The molecule has 1 N–H and O–H groups in total. The van der Waals surface area contributed by atoms with Crippen molar-refractivity contribution in [2.45, 2.75) is 51.6 Å². The number of aryl methyl sites for hydroxylation is 2. The number of carbonyl (C=O) groups excluding carboxylic acids is 1. The summed E-state index contributed by atoms with van der Waals surface area (Å²) < 4.78 is 7.20. The number of fused-ring (bicyclic) bond motifs is 1. The summed E-state index contributed by atoms with van der Waals surface area (Å²) in [6.45, 7) is 2.88. The first kappa shape index (κ1) is 17.2. The zero-order valence-electron chi connectivity index (χ0n) is 15.9. The molecule has 1 amide bonds. The molecule has 2 aliphatic carbocycles. The molecule has 2 aliphatic rings. The van der Waals surface area contributed by atoms with Crippen LogP contribution < -0.4 is 5.32 Å². The van der Waals surface area contributed by atoms with Gasteiger partial charge in [-0.25, -0.2) is 4.98 Å². The van der Waals surface area contributed by atoms with Gasteiger partial charge in [-0.15, -0.1) is 0 Å². The molecule has 1 atom stereocenters. The van der Waals surface area contributed by atoms with Crippen LogP contribution in [-0.4, -0.2) is 25.6 Å². The number of nitrogens with zero attached hydrogens (tertiary/aromatic N) is 4. The van der Waals surface area contributed by atoms with Crippen LogP contribution in [0.4, 0.5) is 0 Å². The van der Waals surface area contributed by atoms with Gasteiger partial charge in [0.05, 0.1) is 18.6 Å². The first-order valence-corrected chi connectivity index (χ1v) is 9.98. The maximum Gasteiger partial charge on any atom is 0.270 e. The SMILES string of the molecule is CCc1nc(-c2ccc3c(c2)CC[C@H]3NC(=O)c2cncn2CC2CC2)no1. The Morgan fingerprint density at radius 1 is 1.32 bits per heavy atom. The van der Waals surface area contributed by atoms with E-state index in [1.54, 1.807) is 12.5 Å². The van der Waals surface area contributed by atoms with Crippen LogP contribution >= 0.6 is 0 Å². The van der Waals surface area contributed by atoms with Crippen molar-refractivity contribution in [1.29, 1.82) is 0 Å². The monoisotopic (exact) mass is 377 g/mol. The van der Waals surface area contributed by atoms with Crippen LogP contribution in [0.15, 0.2) is 35.2 Å². The Labute approximate surface area is 163 Å². The normalized spacial score (nSPS) is 18.2. The van der Waals surface area contributed by atoms with Crippen molar-refractivity contribution in [2.75, 3.05) is 0 Å². The van der Waals surface area contributed by atoms with Gasteiger partial charge >= 0.3 is 0 Å². The van der Waals surface area contributed by atoms with Crippen molar-refractivity contribution in [2.24, 2.45) is 5.92 Å². The van der Waals surface area contributed by atoms with E-state index in [1.807, 2.05) is 17.6 Å². The predicted molar refractivity (Wildman–Crippen MR) is 103 cm³/mol. The van der Waals surface area contributed by atoms with E-state index in [-0.39, 0.29) is 11.9 Å². The Morgan fingerprint density at radius 2 is 2.21 bits per heavy atom. The first-order valence-electron chi connectivity index (χ1n) is 9.98. The molecule has 0 radical (unpaired) electrons. The zero-order chi connectivity index (χ0) is 19.1. The highest BCUT2D eigenvalue weighted by molar-refractivity contribution is 5.92. The molecule has 0 saturated heterocycles. The molecule has 2 heterocycles. The third-order valence-corrected chi connectivity index (χ3v) is 5.65. The first-order chi connectivity index (χ1) is 13.7. The molecule has 5 rings (SSSR count). The average molecular weight is 377 g/mol. The molecular formula is C21H23N5O2. The van der Waals surface area contributed by atoms with E-state index < -0.39 is 0 Å². The van der Waals surface area contributed by atoms with Crippen molar-refractivity contribution >= 4 is 5.91 Å². The Balaban J connectivity index is 1.32. The van der Waals surface area contributed by atoms with Gasteiger partial charge in [-0.05, 0) is 48.8 Å². The fraction of sp³-hybridized carbons (Fsp3) is 0.429. The maximum absolute atomic E-state index is 12.8. The second-order valence-corrected chi connectivity index (χ2v) is 7.72. The number of benzene rings is 1. The van der Waals surface area contributed by atoms with E-state index in [1.165, 1.54) is 24.0 Å². The van der Waals surface area contributed by atoms with E-state index in [2.05, 4.69) is 32.6 Å². The molecule has 2 aromatic heterocycles. The molecule has 7 nitrogen and oxygen atoms in total. The van der Waals surface area contributed by atoms with Gasteiger partial charge in [0.15, 0.2) is 0 Å². The average Bonchev–Trinajstić information content (AvgIpc) is 3.11. The van der Waals surface area contributed by atoms with E-state index in [9.17, 15) is 4.79 Å². The van der Waals surface area contributed by atoms with Crippen LogP contribution in [0.25, 0.3) is 11.4 Å². The fourth-order valence-electron chi connectivity index (χ4n) is 3.89. The standard InChI is InChI=1S/C21H23N5O2/c1-2-19-24-20(25-28-19)15-5-7-16-14(9-15)6-8-17(16)23-21(27)18-10-22-12-26(18)11-13-3-4-13/h5,7,9-10,12-13,17H,2-4,6,8,11H2,1H3,(H,23,27)/t17-/m1/s1. The summed E-state index contributed by atoms with van der Waals surface area (Å²) in [5, 5.41) is 7.25. The molecule has 144 valence electrons. The van der Waals surface area contributed by atoms with Gasteiger partial charge in [0, 0.05) is 18.5 Å². The van der Waals surface area contributed by atoms with Crippen LogP contribution in [0, 0.1) is 5.92 Å². The molecule has 0 unspecified atom stereocenters. The zero-order valence-corrected chi connectivity index (χ0v) is 15.9. The fourth-order valence-corrected chi connectivity index (χ4v) is 3.89. The van der Waals surface area contributed by atoms with Gasteiger partial charge in [0.2, 0.25) is 11.7 Å². The summed E-state index contributed by atoms with van der Waals surface area (Å²) in [5.74, 6) is 1.91.